The summed E-state index contributed by atoms with van der Waals surface area (Å²) in [6.45, 7) is 7.65. The van der Waals surface area contributed by atoms with Crippen molar-refractivity contribution < 1.29 is 4.79 Å². The van der Waals surface area contributed by atoms with Crippen LogP contribution >= 0.6 is 0 Å². The molecule has 0 radical (unpaired) electrons. The Kier molecular flexibility index (Phi) is 5.17. The number of rotatable bonds is 4. The van der Waals surface area contributed by atoms with Gasteiger partial charge in [-0.25, -0.2) is 14.5 Å². The second kappa shape index (κ2) is 8.15. The molecule has 0 saturated carbocycles. The monoisotopic (exact) mass is 428 g/mol. The number of nitrogens with zero attached hydrogens (tertiary/aromatic N) is 5. The lowest BCUT2D eigenvalue weighted by Crippen LogP contribution is -2.35. The van der Waals surface area contributed by atoms with E-state index in [1.54, 1.807) is 0 Å². The molecule has 1 N–H and O–H groups in total. The molecule has 164 valence electrons. The molecule has 1 saturated heterocycles. The summed E-state index contributed by atoms with van der Waals surface area (Å²) in [5, 5.41) is 7.74. The Labute approximate surface area is 187 Å². The van der Waals surface area contributed by atoms with Gasteiger partial charge < -0.3 is 14.8 Å². The number of urea groups is 1. The molecule has 2 amide bonds. The Hall–Kier alpha value is -3.61. The predicted octanol–water partition coefficient (Wildman–Crippen LogP) is 5.23. The van der Waals surface area contributed by atoms with Crippen LogP contribution in [0, 0.1) is 13.8 Å². The van der Waals surface area contributed by atoms with Gasteiger partial charge in [-0.1, -0.05) is 24.3 Å². The summed E-state index contributed by atoms with van der Waals surface area (Å²) in [5.74, 6) is 0.966. The van der Waals surface area contributed by atoms with E-state index in [9.17, 15) is 4.79 Å². The Morgan fingerprint density at radius 1 is 1.12 bits per heavy atom. The number of carbonyl (C=O) groups is 1. The van der Waals surface area contributed by atoms with Gasteiger partial charge in [-0.3, -0.25) is 0 Å². The van der Waals surface area contributed by atoms with Crippen molar-refractivity contribution in [1.29, 1.82) is 0 Å². The summed E-state index contributed by atoms with van der Waals surface area (Å²) >= 11 is 0. The third-order valence-corrected chi connectivity index (χ3v) is 6.20. The first-order valence-electron chi connectivity index (χ1n) is 11.2. The summed E-state index contributed by atoms with van der Waals surface area (Å²) < 4.78 is 4.11. The van der Waals surface area contributed by atoms with Crippen LogP contribution in [0.25, 0.3) is 16.7 Å². The molecule has 0 bridgehead atoms. The van der Waals surface area contributed by atoms with Crippen LogP contribution in [0.15, 0.2) is 54.6 Å². The maximum absolute atomic E-state index is 13.4. The summed E-state index contributed by atoms with van der Waals surface area (Å²) in [7, 11) is 0. The van der Waals surface area contributed by atoms with Crippen molar-refractivity contribution in [2.75, 3.05) is 11.9 Å². The lowest BCUT2D eigenvalue weighted by molar-refractivity contribution is 0.204. The molecule has 0 aliphatic carbocycles. The van der Waals surface area contributed by atoms with Crippen LogP contribution < -0.4 is 5.32 Å². The van der Waals surface area contributed by atoms with Crippen LogP contribution in [0.4, 0.5) is 10.5 Å². The number of anilines is 1. The molecule has 4 aromatic rings. The van der Waals surface area contributed by atoms with Crippen molar-refractivity contribution in [1.82, 2.24) is 24.2 Å². The van der Waals surface area contributed by atoms with Crippen molar-refractivity contribution in [3.63, 3.8) is 0 Å². The van der Waals surface area contributed by atoms with E-state index in [4.69, 9.17) is 4.98 Å². The van der Waals surface area contributed by atoms with E-state index in [2.05, 4.69) is 28.0 Å². The topological polar surface area (TPSA) is 68.0 Å². The molecule has 32 heavy (non-hydrogen) atoms. The lowest BCUT2D eigenvalue weighted by Gasteiger charge is -2.25. The molecule has 0 spiro atoms. The lowest BCUT2D eigenvalue weighted by atomic mass is 10.2. The number of benzene rings is 2. The van der Waals surface area contributed by atoms with Crippen molar-refractivity contribution >= 4 is 22.8 Å². The maximum Gasteiger partial charge on any atom is 0.322 e. The van der Waals surface area contributed by atoms with Crippen LogP contribution in [0.5, 0.6) is 0 Å². The van der Waals surface area contributed by atoms with E-state index in [1.165, 1.54) is 0 Å². The molecular formula is C25H28N6O. The number of para-hydroxylation sites is 4. The van der Waals surface area contributed by atoms with E-state index in [0.29, 0.717) is 6.54 Å². The van der Waals surface area contributed by atoms with Crippen LogP contribution in [0.2, 0.25) is 0 Å². The molecule has 1 atom stereocenters. The number of amides is 2. The first-order chi connectivity index (χ1) is 15.6. The average Bonchev–Trinajstić information content (AvgIpc) is 3.50. The number of hydrogen-bond acceptors (Lipinski definition) is 3. The highest BCUT2D eigenvalue weighted by atomic mass is 16.2. The zero-order valence-corrected chi connectivity index (χ0v) is 18.7. The number of carbonyl (C=O) groups excluding carboxylic acids is 1. The largest absolute Gasteiger partial charge is 0.327 e. The maximum atomic E-state index is 13.4. The fourth-order valence-corrected chi connectivity index (χ4v) is 4.78. The molecule has 1 unspecified atom stereocenters. The van der Waals surface area contributed by atoms with Gasteiger partial charge in [0, 0.05) is 18.8 Å². The summed E-state index contributed by atoms with van der Waals surface area (Å²) in [6.07, 6.45) is 1.87. The molecule has 1 fully saturated rings. The highest BCUT2D eigenvalue weighted by Crippen LogP contribution is 2.34. The van der Waals surface area contributed by atoms with Crippen LogP contribution in [0.1, 0.15) is 43.0 Å². The Balaban J connectivity index is 1.46. The number of fused-ring (bicyclic) bond motifs is 1. The first-order valence-corrected chi connectivity index (χ1v) is 11.2. The molecule has 2 aromatic heterocycles. The number of likely N-dealkylation sites (tertiary alicyclic amines) is 1. The SMILES string of the molecule is CCn1c(C2CCCN2C(=O)Nc2ccccc2-n2nc(C)cc2C)nc2ccccc21. The number of hydrogen-bond donors (Lipinski definition) is 1. The van der Waals surface area contributed by atoms with E-state index < -0.39 is 0 Å². The van der Waals surface area contributed by atoms with E-state index in [1.807, 2.05) is 72.0 Å². The molecule has 3 heterocycles. The number of aromatic nitrogens is 4. The number of aryl methyl sites for hydroxylation is 3. The van der Waals surface area contributed by atoms with Crippen LogP contribution in [-0.4, -0.2) is 36.8 Å². The zero-order valence-electron chi connectivity index (χ0n) is 18.7. The summed E-state index contributed by atoms with van der Waals surface area (Å²) in [5.41, 5.74) is 5.68. The second-order valence-corrected chi connectivity index (χ2v) is 8.34. The first kappa shape index (κ1) is 20.3. The molecular weight excluding hydrogens is 400 g/mol. The van der Waals surface area contributed by atoms with Gasteiger partial charge >= 0.3 is 6.03 Å². The highest BCUT2D eigenvalue weighted by Gasteiger charge is 2.34. The number of nitrogens with one attached hydrogen (secondary N) is 1. The second-order valence-electron chi connectivity index (χ2n) is 8.34. The predicted molar refractivity (Wildman–Crippen MR) is 126 cm³/mol. The Morgan fingerprint density at radius 2 is 1.91 bits per heavy atom. The van der Waals surface area contributed by atoms with Crippen molar-refractivity contribution in [2.24, 2.45) is 0 Å². The quantitative estimate of drug-likeness (QED) is 0.484. The van der Waals surface area contributed by atoms with Gasteiger partial charge in [0.15, 0.2) is 0 Å². The minimum absolute atomic E-state index is 0.0387. The molecule has 1 aliphatic heterocycles. The fourth-order valence-electron chi connectivity index (χ4n) is 4.78. The van der Waals surface area contributed by atoms with E-state index in [0.717, 1.165) is 59.0 Å². The number of imidazole rings is 1. The minimum atomic E-state index is -0.101. The van der Waals surface area contributed by atoms with Gasteiger partial charge in [0.1, 0.15) is 5.82 Å². The Morgan fingerprint density at radius 3 is 2.69 bits per heavy atom. The molecule has 2 aromatic carbocycles. The van der Waals surface area contributed by atoms with Crippen molar-refractivity contribution in [3.8, 4) is 5.69 Å². The van der Waals surface area contributed by atoms with Crippen molar-refractivity contribution in [3.05, 3.63) is 71.8 Å². The third kappa shape index (κ3) is 3.43. The van der Waals surface area contributed by atoms with E-state index in [-0.39, 0.29) is 12.1 Å². The summed E-state index contributed by atoms with van der Waals surface area (Å²) in [4.78, 5) is 20.3. The van der Waals surface area contributed by atoms with Crippen LogP contribution in [-0.2, 0) is 6.54 Å². The van der Waals surface area contributed by atoms with Gasteiger partial charge in [-0.2, -0.15) is 5.10 Å². The molecule has 1 aliphatic rings. The van der Waals surface area contributed by atoms with E-state index >= 15 is 0 Å². The third-order valence-electron chi connectivity index (χ3n) is 6.20. The van der Waals surface area contributed by atoms with Crippen molar-refractivity contribution in [2.45, 2.75) is 46.2 Å². The molecule has 7 nitrogen and oxygen atoms in total. The fraction of sp³-hybridized carbons (Fsp3) is 0.320. The standard InChI is InChI=1S/C25H28N6O/c1-4-29-21-12-7-5-10-19(21)26-24(29)23-14-9-15-30(23)25(32)27-20-11-6-8-13-22(20)31-18(3)16-17(2)28-31/h5-8,10-13,16,23H,4,9,14-15H2,1-3H3,(H,27,32). The minimum Gasteiger partial charge on any atom is -0.327 e. The van der Waals surface area contributed by atoms with Gasteiger partial charge in [-0.05, 0) is 63.9 Å². The summed E-state index contributed by atoms with van der Waals surface area (Å²) in [6, 6.07) is 17.9. The van der Waals surface area contributed by atoms with Gasteiger partial charge in [-0.15, -0.1) is 0 Å². The van der Waals surface area contributed by atoms with Gasteiger partial charge in [0.25, 0.3) is 0 Å². The molecule has 7 heteroatoms. The highest BCUT2D eigenvalue weighted by molar-refractivity contribution is 5.92. The molecule has 5 rings (SSSR count). The smallest absolute Gasteiger partial charge is 0.322 e. The van der Waals surface area contributed by atoms with Crippen LogP contribution in [0.3, 0.4) is 0 Å². The van der Waals surface area contributed by atoms with Gasteiger partial charge in [0.05, 0.1) is 34.1 Å². The van der Waals surface area contributed by atoms with Gasteiger partial charge in [0.2, 0.25) is 0 Å². The zero-order chi connectivity index (χ0) is 22.2. The Bertz CT molecular complexity index is 1290. The average molecular weight is 429 g/mol. The normalized spacial score (nSPS) is 16.1.